The normalized spacial score (nSPS) is 13.0. The average molecular weight is 608 g/mol. The monoisotopic (exact) mass is 607 g/mol. The van der Waals surface area contributed by atoms with E-state index in [2.05, 4.69) is 30.0 Å². The van der Waals surface area contributed by atoms with E-state index in [-0.39, 0.29) is 22.9 Å². The van der Waals surface area contributed by atoms with Crippen LogP contribution in [0.25, 0.3) is 27.3 Å². The number of benzene rings is 2. The quantitative estimate of drug-likeness (QED) is 0.188. The second kappa shape index (κ2) is 12.3. The number of ether oxygens (including phenoxy) is 1. The molecule has 13 nitrogen and oxygen atoms in total. The first kappa shape index (κ1) is 31.4. The van der Waals surface area contributed by atoms with Gasteiger partial charge in [-0.1, -0.05) is 19.4 Å². The Bertz CT molecular complexity index is 1900. The lowest BCUT2D eigenvalue weighted by atomic mass is 10.1. The number of aromatic nitrogens is 4. The summed E-state index contributed by atoms with van der Waals surface area (Å²) in [5.41, 5.74) is 0.447. The highest BCUT2D eigenvalue weighted by atomic mass is 32.2. The fraction of sp³-hybridized carbons (Fsp3) is 0.345. The molecular weight excluding hydrogens is 574 g/mol. The largest absolute Gasteiger partial charge is 0.493 e. The van der Waals surface area contributed by atoms with Crippen molar-refractivity contribution in [1.29, 1.82) is 0 Å². The van der Waals surface area contributed by atoms with Crippen molar-refractivity contribution in [2.24, 2.45) is 7.05 Å². The van der Waals surface area contributed by atoms with Gasteiger partial charge in [-0.3, -0.25) is 14.3 Å². The van der Waals surface area contributed by atoms with Crippen LogP contribution in [-0.2, 0) is 28.3 Å². The summed E-state index contributed by atoms with van der Waals surface area (Å²) < 4.78 is 36.1. The summed E-state index contributed by atoms with van der Waals surface area (Å²) >= 11 is 0. The van der Waals surface area contributed by atoms with Crippen LogP contribution in [0.1, 0.15) is 38.4 Å². The number of rotatable bonds is 11. The SMILES string of the molecule is [C-]#[N+]c1ccc(NC(=O)[C@](C)(O)CNS(=O)(=O)c2ccc(OCC)c(-c3nc4c(CCC)nn(C)c4c(=O)[nH]3)c2)cc1C. The molecule has 43 heavy (non-hydrogen) atoms. The van der Waals surface area contributed by atoms with Crippen molar-refractivity contribution in [2.45, 2.75) is 51.0 Å². The third kappa shape index (κ3) is 6.59. The molecule has 2 aromatic carbocycles. The zero-order chi connectivity index (χ0) is 31.5. The topological polar surface area (TPSA) is 173 Å². The van der Waals surface area contributed by atoms with Crippen molar-refractivity contribution >= 4 is 38.3 Å². The Labute approximate surface area is 248 Å². The summed E-state index contributed by atoms with van der Waals surface area (Å²) in [6.45, 7) is 13.4. The number of H-pyrrole nitrogens is 1. The molecule has 0 saturated heterocycles. The van der Waals surface area contributed by atoms with Crippen LogP contribution >= 0.6 is 0 Å². The molecule has 4 aromatic rings. The standard InChI is InChI=1S/C29H33N7O6S/c1-7-9-22-24-25(36(6)35-22)27(37)34-26(33-24)20-15-19(11-13-23(20)42-8-2)43(40,41)31-16-29(4,39)28(38)32-18-10-12-21(30-5)17(3)14-18/h10-15,31,39H,7-9,16H2,1-4,6H3,(H,32,38)(H,33,34,37)/t29-/m1/s1. The number of amides is 1. The van der Waals surface area contributed by atoms with E-state index < -0.39 is 33.6 Å². The molecule has 0 aliphatic heterocycles. The van der Waals surface area contributed by atoms with Crippen LogP contribution in [0, 0.1) is 13.5 Å². The third-order valence-electron chi connectivity index (χ3n) is 6.74. The summed E-state index contributed by atoms with van der Waals surface area (Å²) in [5.74, 6) is -0.433. The fourth-order valence-corrected chi connectivity index (χ4v) is 5.60. The number of carbonyl (C=O) groups is 1. The van der Waals surface area contributed by atoms with Gasteiger partial charge in [-0.05, 0) is 63.1 Å². The van der Waals surface area contributed by atoms with Crippen LogP contribution < -0.4 is 20.3 Å². The third-order valence-corrected chi connectivity index (χ3v) is 8.14. The van der Waals surface area contributed by atoms with E-state index in [0.29, 0.717) is 45.8 Å². The lowest BCUT2D eigenvalue weighted by molar-refractivity contribution is -0.131. The van der Waals surface area contributed by atoms with Gasteiger partial charge in [-0.15, -0.1) is 0 Å². The Morgan fingerprint density at radius 1 is 1.23 bits per heavy atom. The van der Waals surface area contributed by atoms with Gasteiger partial charge in [0.15, 0.2) is 16.8 Å². The number of aromatic amines is 1. The molecule has 226 valence electrons. The van der Waals surface area contributed by atoms with Crippen molar-refractivity contribution in [3.05, 3.63) is 69.4 Å². The van der Waals surface area contributed by atoms with E-state index in [4.69, 9.17) is 11.3 Å². The van der Waals surface area contributed by atoms with Crippen molar-refractivity contribution in [1.82, 2.24) is 24.5 Å². The average Bonchev–Trinajstić information content (AvgIpc) is 3.27. The van der Waals surface area contributed by atoms with Crippen LogP contribution in [0.15, 0.2) is 46.1 Å². The Morgan fingerprint density at radius 2 is 1.98 bits per heavy atom. The number of sulfonamides is 1. The molecule has 0 spiro atoms. The van der Waals surface area contributed by atoms with Crippen LogP contribution in [0.5, 0.6) is 5.75 Å². The Hall–Kier alpha value is -4.58. The summed E-state index contributed by atoms with van der Waals surface area (Å²) in [7, 11) is -2.60. The molecule has 0 bridgehead atoms. The van der Waals surface area contributed by atoms with Crippen LogP contribution in [0.3, 0.4) is 0 Å². The number of carbonyl (C=O) groups excluding carboxylic acids is 1. The number of hydrogen-bond donors (Lipinski definition) is 4. The molecule has 2 heterocycles. The van der Waals surface area contributed by atoms with Gasteiger partial charge in [0.05, 0.1) is 29.3 Å². The summed E-state index contributed by atoms with van der Waals surface area (Å²) in [6, 6.07) is 8.72. The first-order valence-electron chi connectivity index (χ1n) is 13.6. The zero-order valence-electron chi connectivity index (χ0n) is 24.5. The molecule has 0 aliphatic carbocycles. The number of anilines is 1. The molecule has 0 saturated carbocycles. The lowest BCUT2D eigenvalue weighted by Gasteiger charge is -2.23. The maximum atomic E-state index is 13.3. The Morgan fingerprint density at radius 3 is 2.63 bits per heavy atom. The molecule has 1 amide bonds. The summed E-state index contributed by atoms with van der Waals surface area (Å²) in [6.07, 6.45) is 1.39. The maximum absolute atomic E-state index is 13.3. The minimum absolute atomic E-state index is 0.106. The highest BCUT2D eigenvalue weighted by Gasteiger charge is 2.33. The second-order valence-electron chi connectivity index (χ2n) is 10.2. The number of nitrogens with zero attached hydrogens (tertiary/aromatic N) is 4. The Balaban J connectivity index is 1.63. The maximum Gasteiger partial charge on any atom is 0.277 e. The molecule has 2 aromatic heterocycles. The number of aryl methyl sites for hydroxylation is 3. The first-order chi connectivity index (χ1) is 20.3. The molecule has 14 heteroatoms. The van der Waals surface area contributed by atoms with Gasteiger partial charge in [0, 0.05) is 19.3 Å². The van der Waals surface area contributed by atoms with Gasteiger partial charge < -0.3 is 20.1 Å². The minimum atomic E-state index is -4.26. The molecule has 0 radical (unpaired) electrons. The number of nitrogens with one attached hydrogen (secondary N) is 3. The van der Waals surface area contributed by atoms with E-state index in [1.54, 1.807) is 27.0 Å². The van der Waals surface area contributed by atoms with E-state index in [1.807, 2.05) is 6.92 Å². The fourth-order valence-electron chi connectivity index (χ4n) is 4.45. The van der Waals surface area contributed by atoms with Gasteiger partial charge in [-0.25, -0.2) is 23.0 Å². The first-order valence-corrected chi connectivity index (χ1v) is 15.0. The lowest BCUT2D eigenvalue weighted by Crippen LogP contribution is -2.49. The predicted molar refractivity (Wildman–Crippen MR) is 162 cm³/mol. The highest BCUT2D eigenvalue weighted by molar-refractivity contribution is 7.89. The molecular formula is C29H33N7O6S. The number of fused-ring (bicyclic) bond motifs is 1. The molecule has 4 N–H and O–H groups in total. The van der Waals surface area contributed by atoms with E-state index in [9.17, 15) is 23.1 Å². The number of aliphatic hydroxyl groups is 1. The summed E-state index contributed by atoms with van der Waals surface area (Å²) in [5, 5.41) is 17.8. The molecule has 0 unspecified atom stereocenters. The smallest absolute Gasteiger partial charge is 0.277 e. The molecule has 4 rings (SSSR count). The van der Waals surface area contributed by atoms with Gasteiger partial charge >= 0.3 is 0 Å². The molecule has 1 atom stereocenters. The highest BCUT2D eigenvalue weighted by Crippen LogP contribution is 2.31. The van der Waals surface area contributed by atoms with E-state index in [0.717, 1.165) is 6.42 Å². The van der Waals surface area contributed by atoms with E-state index in [1.165, 1.54) is 41.9 Å². The van der Waals surface area contributed by atoms with Crippen molar-refractivity contribution in [2.75, 3.05) is 18.5 Å². The van der Waals surface area contributed by atoms with Crippen molar-refractivity contribution < 1.29 is 23.1 Å². The van der Waals surface area contributed by atoms with Gasteiger partial charge in [0.25, 0.3) is 11.5 Å². The van der Waals surface area contributed by atoms with Crippen LogP contribution in [0.2, 0.25) is 0 Å². The van der Waals surface area contributed by atoms with Gasteiger partial charge in [0.1, 0.15) is 17.1 Å². The van der Waals surface area contributed by atoms with Crippen LogP contribution in [-0.4, -0.2) is 57.9 Å². The van der Waals surface area contributed by atoms with E-state index >= 15 is 0 Å². The minimum Gasteiger partial charge on any atom is -0.493 e. The summed E-state index contributed by atoms with van der Waals surface area (Å²) in [4.78, 5) is 36.3. The van der Waals surface area contributed by atoms with Crippen LogP contribution in [0.4, 0.5) is 11.4 Å². The van der Waals surface area contributed by atoms with Gasteiger partial charge in [0.2, 0.25) is 10.0 Å². The Kier molecular flexibility index (Phi) is 9.00. The molecule has 0 fully saturated rings. The number of hydrogen-bond acceptors (Lipinski definition) is 8. The predicted octanol–water partition coefficient (Wildman–Crippen LogP) is 3.20. The molecule has 0 aliphatic rings. The van der Waals surface area contributed by atoms with Crippen molar-refractivity contribution in [3.63, 3.8) is 0 Å². The second-order valence-corrected chi connectivity index (χ2v) is 12.0. The van der Waals surface area contributed by atoms with Gasteiger partial charge in [-0.2, -0.15) is 5.10 Å². The zero-order valence-corrected chi connectivity index (χ0v) is 25.3. The van der Waals surface area contributed by atoms with Crippen molar-refractivity contribution in [3.8, 4) is 17.1 Å².